The van der Waals surface area contributed by atoms with Crippen molar-refractivity contribution in [2.24, 2.45) is 5.92 Å². The molecule has 0 radical (unpaired) electrons. The Morgan fingerprint density at radius 3 is 2.78 bits per heavy atom. The lowest BCUT2D eigenvalue weighted by Crippen LogP contribution is -2.48. The quantitative estimate of drug-likeness (QED) is 0.683. The minimum absolute atomic E-state index is 0.0823. The zero-order valence-electron chi connectivity index (χ0n) is 15.7. The van der Waals surface area contributed by atoms with Crippen molar-refractivity contribution in [2.75, 3.05) is 13.7 Å². The first-order chi connectivity index (χ1) is 13.1. The summed E-state index contributed by atoms with van der Waals surface area (Å²) in [7, 11) is 1.57. The summed E-state index contributed by atoms with van der Waals surface area (Å²) in [6.07, 6.45) is 5.55. The number of hydrogen-bond acceptors (Lipinski definition) is 5. The fourth-order valence-electron chi connectivity index (χ4n) is 3.33. The number of methoxy groups -OCH3 is 1. The van der Waals surface area contributed by atoms with Gasteiger partial charge in [0.05, 0.1) is 13.2 Å². The van der Waals surface area contributed by atoms with Gasteiger partial charge in [-0.3, -0.25) is 4.79 Å². The van der Waals surface area contributed by atoms with Crippen LogP contribution in [0.1, 0.15) is 44.1 Å². The molecule has 1 aliphatic carbocycles. The molecule has 0 spiro atoms. The minimum atomic E-state index is -0.695. The third-order valence-corrected chi connectivity index (χ3v) is 4.75. The second-order valence-electron chi connectivity index (χ2n) is 6.74. The summed E-state index contributed by atoms with van der Waals surface area (Å²) >= 11 is 0. The van der Waals surface area contributed by atoms with Gasteiger partial charge in [0.15, 0.2) is 0 Å². The van der Waals surface area contributed by atoms with Crippen LogP contribution in [0.25, 0.3) is 0 Å². The molecule has 7 nitrogen and oxygen atoms in total. The van der Waals surface area contributed by atoms with Crippen LogP contribution in [-0.2, 0) is 16.1 Å². The Hall–Kier alpha value is -2.75. The van der Waals surface area contributed by atoms with Crippen molar-refractivity contribution in [2.45, 2.75) is 51.2 Å². The molecule has 1 saturated carbocycles. The largest absolute Gasteiger partial charge is 0.497 e. The number of alkyl carbamates (subject to hydrolysis) is 1. The smallest absolute Gasteiger partial charge is 0.408 e. The first kappa shape index (κ1) is 20.6. The Kier molecular flexibility index (Phi) is 8.43. The first-order valence-electron chi connectivity index (χ1n) is 9.33. The Labute approximate surface area is 160 Å². The molecule has 0 aliphatic heterocycles. The molecular formula is C20H27N3O4. The van der Waals surface area contributed by atoms with E-state index in [-0.39, 0.29) is 19.1 Å². The van der Waals surface area contributed by atoms with Crippen molar-refractivity contribution in [3.05, 3.63) is 29.8 Å². The van der Waals surface area contributed by atoms with Crippen LogP contribution >= 0.6 is 0 Å². The Morgan fingerprint density at radius 1 is 1.30 bits per heavy atom. The average Bonchev–Trinajstić information content (AvgIpc) is 2.71. The maximum atomic E-state index is 12.3. The summed E-state index contributed by atoms with van der Waals surface area (Å²) in [6, 6.07) is 8.42. The lowest BCUT2D eigenvalue weighted by molar-refractivity contribution is -0.123. The molecule has 0 unspecified atom stereocenters. The van der Waals surface area contributed by atoms with Gasteiger partial charge in [-0.1, -0.05) is 44.2 Å². The summed E-state index contributed by atoms with van der Waals surface area (Å²) < 4.78 is 10.4. The fourth-order valence-corrected chi connectivity index (χ4v) is 3.33. The highest BCUT2D eigenvalue weighted by Gasteiger charge is 2.26. The highest BCUT2D eigenvalue weighted by molar-refractivity contribution is 5.85. The van der Waals surface area contributed by atoms with E-state index in [1.54, 1.807) is 13.2 Å². The maximum absolute atomic E-state index is 12.3. The molecule has 0 heterocycles. The van der Waals surface area contributed by atoms with Crippen LogP contribution in [0.5, 0.6) is 5.75 Å². The predicted octanol–water partition coefficient (Wildman–Crippen LogP) is 2.90. The van der Waals surface area contributed by atoms with E-state index in [2.05, 4.69) is 10.6 Å². The number of nitrogens with one attached hydrogen (secondary N) is 2. The van der Waals surface area contributed by atoms with Gasteiger partial charge in [0.25, 0.3) is 0 Å². The molecule has 146 valence electrons. The lowest BCUT2D eigenvalue weighted by atomic mass is 9.84. The molecule has 1 aromatic rings. The van der Waals surface area contributed by atoms with Crippen molar-refractivity contribution in [1.29, 1.82) is 5.26 Å². The highest BCUT2D eigenvalue weighted by Crippen LogP contribution is 2.27. The second kappa shape index (κ2) is 11.1. The van der Waals surface area contributed by atoms with Gasteiger partial charge in [0, 0.05) is 0 Å². The summed E-state index contributed by atoms with van der Waals surface area (Å²) in [6.45, 7) is -0.000462. The molecule has 1 atom stereocenters. The average molecular weight is 373 g/mol. The molecule has 2 amide bonds. The van der Waals surface area contributed by atoms with E-state index in [0.717, 1.165) is 31.2 Å². The molecule has 1 fully saturated rings. The van der Waals surface area contributed by atoms with Crippen LogP contribution in [0.4, 0.5) is 4.79 Å². The van der Waals surface area contributed by atoms with Gasteiger partial charge in [0.1, 0.15) is 24.9 Å². The maximum Gasteiger partial charge on any atom is 0.408 e. The second-order valence-corrected chi connectivity index (χ2v) is 6.74. The number of amides is 2. The lowest BCUT2D eigenvalue weighted by Gasteiger charge is -2.26. The number of ether oxygens (including phenoxy) is 2. The van der Waals surface area contributed by atoms with Crippen LogP contribution < -0.4 is 15.4 Å². The van der Waals surface area contributed by atoms with Gasteiger partial charge in [-0.05, 0) is 30.0 Å². The molecule has 2 rings (SSSR count). The normalized spacial score (nSPS) is 15.3. The van der Waals surface area contributed by atoms with Gasteiger partial charge < -0.3 is 20.1 Å². The van der Waals surface area contributed by atoms with Crippen molar-refractivity contribution in [3.8, 4) is 11.8 Å². The third kappa shape index (κ3) is 7.18. The zero-order valence-corrected chi connectivity index (χ0v) is 15.7. The Balaban J connectivity index is 1.90. The number of nitrogens with zero attached hydrogens (tertiary/aromatic N) is 1. The van der Waals surface area contributed by atoms with E-state index < -0.39 is 12.1 Å². The number of carbonyl (C=O) groups is 2. The first-order valence-corrected chi connectivity index (χ1v) is 9.33. The predicted molar refractivity (Wildman–Crippen MR) is 99.9 cm³/mol. The minimum Gasteiger partial charge on any atom is -0.497 e. The van der Waals surface area contributed by atoms with E-state index in [1.807, 2.05) is 24.3 Å². The van der Waals surface area contributed by atoms with Gasteiger partial charge in [-0.25, -0.2) is 4.79 Å². The van der Waals surface area contributed by atoms with Crippen LogP contribution in [0.3, 0.4) is 0 Å². The topological polar surface area (TPSA) is 100 Å². The van der Waals surface area contributed by atoms with Gasteiger partial charge >= 0.3 is 6.09 Å². The number of rotatable bonds is 8. The molecule has 2 N–H and O–H groups in total. The number of benzene rings is 1. The van der Waals surface area contributed by atoms with Crippen molar-refractivity contribution >= 4 is 12.0 Å². The zero-order chi connectivity index (χ0) is 19.5. The van der Waals surface area contributed by atoms with E-state index >= 15 is 0 Å². The summed E-state index contributed by atoms with van der Waals surface area (Å²) in [5.74, 6) is 0.735. The van der Waals surface area contributed by atoms with Crippen molar-refractivity contribution < 1.29 is 19.1 Å². The Bertz CT molecular complexity index is 665. The van der Waals surface area contributed by atoms with Gasteiger partial charge in [0.2, 0.25) is 5.91 Å². The molecule has 0 saturated heterocycles. The summed E-state index contributed by atoms with van der Waals surface area (Å²) in [4.78, 5) is 24.5. The highest BCUT2D eigenvalue weighted by atomic mass is 16.5. The van der Waals surface area contributed by atoms with E-state index in [1.165, 1.54) is 6.42 Å². The molecular weight excluding hydrogens is 346 g/mol. The molecule has 1 aliphatic rings. The molecule has 27 heavy (non-hydrogen) atoms. The standard InChI is InChI=1S/C20H27N3O4/c1-26-17-9-5-8-16(12-17)14-27-20(25)23-18(19(24)22-11-10-21)13-15-6-3-2-4-7-15/h5,8-9,12,15,18H,2-4,6-7,11,13-14H2,1H3,(H,22,24)(H,23,25)/t18-/m0/s1. The molecule has 0 bridgehead atoms. The number of carbonyl (C=O) groups excluding carboxylic acids is 2. The van der Waals surface area contributed by atoms with Crippen molar-refractivity contribution in [3.63, 3.8) is 0 Å². The fraction of sp³-hybridized carbons (Fsp3) is 0.550. The van der Waals surface area contributed by atoms with E-state index in [4.69, 9.17) is 14.7 Å². The van der Waals surface area contributed by atoms with Crippen LogP contribution in [0, 0.1) is 17.2 Å². The molecule has 0 aromatic heterocycles. The van der Waals surface area contributed by atoms with Gasteiger partial charge in [-0.15, -0.1) is 0 Å². The van der Waals surface area contributed by atoms with Crippen LogP contribution in [-0.4, -0.2) is 31.7 Å². The SMILES string of the molecule is COc1cccc(COC(=O)N[C@@H](CC2CCCCC2)C(=O)NCC#N)c1. The monoisotopic (exact) mass is 373 g/mol. The van der Waals surface area contributed by atoms with Gasteiger partial charge in [-0.2, -0.15) is 5.26 Å². The number of nitriles is 1. The third-order valence-electron chi connectivity index (χ3n) is 4.75. The summed E-state index contributed by atoms with van der Waals surface area (Å²) in [5, 5.41) is 13.9. The number of hydrogen-bond donors (Lipinski definition) is 2. The van der Waals surface area contributed by atoms with Crippen LogP contribution in [0.2, 0.25) is 0 Å². The van der Waals surface area contributed by atoms with E-state index in [9.17, 15) is 9.59 Å². The van der Waals surface area contributed by atoms with Crippen LogP contribution in [0.15, 0.2) is 24.3 Å². The summed E-state index contributed by atoms with van der Waals surface area (Å²) in [5.41, 5.74) is 0.794. The Morgan fingerprint density at radius 2 is 2.07 bits per heavy atom. The molecule has 7 heteroatoms. The van der Waals surface area contributed by atoms with Crippen molar-refractivity contribution in [1.82, 2.24) is 10.6 Å². The van der Waals surface area contributed by atoms with E-state index in [0.29, 0.717) is 18.1 Å². The molecule has 1 aromatic carbocycles.